The summed E-state index contributed by atoms with van der Waals surface area (Å²) < 4.78 is 0. The van der Waals surface area contributed by atoms with E-state index >= 15 is 0 Å². The van der Waals surface area contributed by atoms with Gasteiger partial charge in [-0.3, -0.25) is 4.79 Å². The van der Waals surface area contributed by atoms with Crippen LogP contribution >= 0.6 is 0 Å². The fourth-order valence-corrected chi connectivity index (χ4v) is 2.00. The first-order valence-electron chi connectivity index (χ1n) is 4.59. The summed E-state index contributed by atoms with van der Waals surface area (Å²) in [4.78, 5) is 10.5. The van der Waals surface area contributed by atoms with E-state index < -0.39 is 12.0 Å². The third kappa shape index (κ3) is 2.21. The molecule has 1 aliphatic rings. The van der Waals surface area contributed by atoms with Gasteiger partial charge in [0.2, 0.25) is 0 Å². The second-order valence-corrected chi connectivity index (χ2v) is 3.85. The van der Waals surface area contributed by atoms with Crippen LogP contribution in [0, 0.1) is 11.8 Å². The van der Waals surface area contributed by atoms with Crippen molar-refractivity contribution < 1.29 is 9.90 Å². The first-order chi connectivity index (χ1) is 5.61. The minimum absolute atomic E-state index is 0.538. The second-order valence-electron chi connectivity index (χ2n) is 3.85. The molecule has 70 valence electrons. The maximum Gasteiger partial charge on any atom is 0.320 e. The third-order valence-corrected chi connectivity index (χ3v) is 2.91. The number of carbonyl (C=O) groups is 1. The molecule has 3 N–H and O–H groups in total. The van der Waals surface area contributed by atoms with Gasteiger partial charge in [0, 0.05) is 0 Å². The van der Waals surface area contributed by atoms with Gasteiger partial charge in [-0.15, -0.1) is 0 Å². The zero-order chi connectivity index (χ0) is 9.14. The Hall–Kier alpha value is -0.570. The summed E-state index contributed by atoms with van der Waals surface area (Å²) in [6.45, 7) is 2.19. The molecule has 1 fully saturated rings. The zero-order valence-electron chi connectivity index (χ0n) is 7.49. The quantitative estimate of drug-likeness (QED) is 0.671. The lowest BCUT2D eigenvalue weighted by Crippen LogP contribution is -2.32. The molecular formula is C9H17NO2. The average Bonchev–Trinajstić information content (AvgIpc) is 2.36. The van der Waals surface area contributed by atoms with E-state index in [1.807, 2.05) is 0 Å². The van der Waals surface area contributed by atoms with E-state index in [0.717, 1.165) is 6.42 Å². The lowest BCUT2D eigenvalue weighted by Gasteiger charge is -2.17. The molecule has 1 aliphatic carbocycles. The number of carboxylic acid groups (broad SMARTS) is 1. The third-order valence-electron chi connectivity index (χ3n) is 2.91. The van der Waals surface area contributed by atoms with E-state index in [2.05, 4.69) is 6.92 Å². The van der Waals surface area contributed by atoms with Crippen molar-refractivity contribution >= 4 is 5.97 Å². The maximum atomic E-state index is 10.5. The van der Waals surface area contributed by atoms with Crippen LogP contribution in [0.1, 0.15) is 32.6 Å². The fourth-order valence-electron chi connectivity index (χ4n) is 2.00. The van der Waals surface area contributed by atoms with Gasteiger partial charge in [0.15, 0.2) is 0 Å². The van der Waals surface area contributed by atoms with E-state index in [1.165, 1.54) is 12.8 Å². The zero-order valence-corrected chi connectivity index (χ0v) is 7.49. The Morgan fingerprint density at radius 2 is 2.33 bits per heavy atom. The average molecular weight is 171 g/mol. The van der Waals surface area contributed by atoms with Gasteiger partial charge in [-0.2, -0.15) is 0 Å². The van der Waals surface area contributed by atoms with Crippen molar-refractivity contribution in [1.29, 1.82) is 0 Å². The summed E-state index contributed by atoms with van der Waals surface area (Å²) in [7, 11) is 0. The van der Waals surface area contributed by atoms with Crippen LogP contribution in [0.2, 0.25) is 0 Å². The van der Waals surface area contributed by atoms with Crippen LogP contribution < -0.4 is 5.73 Å². The van der Waals surface area contributed by atoms with Gasteiger partial charge in [-0.05, 0) is 18.3 Å². The fraction of sp³-hybridized carbons (Fsp3) is 0.889. The highest BCUT2D eigenvalue weighted by Crippen LogP contribution is 2.33. The molecule has 0 aromatic heterocycles. The summed E-state index contributed by atoms with van der Waals surface area (Å²) in [5.41, 5.74) is 5.46. The number of aliphatic carboxylic acids is 1. The Labute approximate surface area is 72.9 Å². The Morgan fingerprint density at radius 1 is 1.67 bits per heavy atom. The van der Waals surface area contributed by atoms with Gasteiger partial charge in [0.25, 0.3) is 0 Å². The molecule has 3 atom stereocenters. The van der Waals surface area contributed by atoms with Crippen LogP contribution in [0.3, 0.4) is 0 Å². The van der Waals surface area contributed by atoms with E-state index in [4.69, 9.17) is 10.8 Å². The Kier molecular flexibility index (Phi) is 3.09. The smallest absolute Gasteiger partial charge is 0.320 e. The Balaban J connectivity index is 2.35. The standard InChI is InChI=1S/C9H17NO2/c1-6-3-2-4-7(6)5-8(10)9(11)12/h6-8H,2-5,10H2,1H3,(H,11,12)/t6-,7+,8?/m1/s1. The van der Waals surface area contributed by atoms with Crippen LogP contribution in [0.4, 0.5) is 0 Å². The van der Waals surface area contributed by atoms with Crippen LogP contribution in [0.25, 0.3) is 0 Å². The second kappa shape index (κ2) is 3.90. The normalized spacial score (nSPS) is 31.8. The number of hydrogen-bond donors (Lipinski definition) is 2. The van der Waals surface area contributed by atoms with Gasteiger partial charge in [-0.25, -0.2) is 0 Å². The van der Waals surface area contributed by atoms with Crippen LogP contribution in [-0.2, 0) is 4.79 Å². The summed E-state index contributed by atoms with van der Waals surface area (Å²) >= 11 is 0. The molecule has 0 spiro atoms. The van der Waals surface area contributed by atoms with Crippen molar-refractivity contribution in [3.63, 3.8) is 0 Å². The summed E-state index contributed by atoms with van der Waals surface area (Å²) in [5, 5.41) is 8.60. The largest absolute Gasteiger partial charge is 0.480 e. The topological polar surface area (TPSA) is 63.3 Å². The van der Waals surface area contributed by atoms with Crippen molar-refractivity contribution in [3.8, 4) is 0 Å². The Bertz CT molecular complexity index is 170. The minimum atomic E-state index is -0.867. The van der Waals surface area contributed by atoms with E-state index in [0.29, 0.717) is 18.3 Å². The van der Waals surface area contributed by atoms with Crippen molar-refractivity contribution in [2.24, 2.45) is 17.6 Å². The minimum Gasteiger partial charge on any atom is -0.480 e. The molecule has 3 heteroatoms. The summed E-state index contributed by atoms with van der Waals surface area (Å²) in [6.07, 6.45) is 4.27. The molecule has 12 heavy (non-hydrogen) atoms. The molecule has 0 heterocycles. The highest BCUT2D eigenvalue weighted by Gasteiger charge is 2.27. The monoisotopic (exact) mass is 171 g/mol. The number of hydrogen-bond acceptors (Lipinski definition) is 2. The van der Waals surface area contributed by atoms with Gasteiger partial charge < -0.3 is 10.8 Å². The maximum absolute atomic E-state index is 10.5. The first kappa shape index (κ1) is 9.52. The van der Waals surface area contributed by atoms with E-state index in [9.17, 15) is 4.79 Å². The van der Waals surface area contributed by atoms with Crippen molar-refractivity contribution in [3.05, 3.63) is 0 Å². The molecule has 1 saturated carbocycles. The SMILES string of the molecule is C[C@@H]1CCC[C@H]1CC(N)C(=O)O. The molecule has 0 bridgehead atoms. The molecule has 0 aromatic carbocycles. The predicted molar refractivity (Wildman–Crippen MR) is 46.7 cm³/mol. The lowest BCUT2D eigenvalue weighted by molar-refractivity contribution is -0.139. The van der Waals surface area contributed by atoms with Crippen molar-refractivity contribution in [1.82, 2.24) is 0 Å². The number of nitrogens with two attached hydrogens (primary N) is 1. The van der Waals surface area contributed by atoms with Gasteiger partial charge >= 0.3 is 5.97 Å². The van der Waals surface area contributed by atoms with Crippen LogP contribution in [0.5, 0.6) is 0 Å². The van der Waals surface area contributed by atoms with Crippen molar-refractivity contribution in [2.45, 2.75) is 38.6 Å². The number of carboxylic acids is 1. The molecule has 0 amide bonds. The predicted octanol–water partition coefficient (Wildman–Crippen LogP) is 1.22. The van der Waals surface area contributed by atoms with Gasteiger partial charge in [0.05, 0.1) is 0 Å². The highest BCUT2D eigenvalue weighted by molar-refractivity contribution is 5.73. The van der Waals surface area contributed by atoms with Crippen LogP contribution in [0.15, 0.2) is 0 Å². The van der Waals surface area contributed by atoms with E-state index in [1.54, 1.807) is 0 Å². The molecule has 1 unspecified atom stereocenters. The molecule has 3 nitrogen and oxygen atoms in total. The molecule has 0 saturated heterocycles. The number of rotatable bonds is 3. The highest BCUT2D eigenvalue weighted by atomic mass is 16.4. The van der Waals surface area contributed by atoms with Crippen molar-refractivity contribution in [2.75, 3.05) is 0 Å². The van der Waals surface area contributed by atoms with Gasteiger partial charge in [-0.1, -0.05) is 26.2 Å². The van der Waals surface area contributed by atoms with Crippen LogP contribution in [-0.4, -0.2) is 17.1 Å². The summed E-state index contributed by atoms with van der Waals surface area (Å²) in [5.74, 6) is 0.334. The summed E-state index contributed by atoms with van der Waals surface area (Å²) in [6, 6.07) is -0.657. The van der Waals surface area contributed by atoms with E-state index in [-0.39, 0.29) is 0 Å². The Morgan fingerprint density at radius 3 is 2.75 bits per heavy atom. The molecule has 1 rings (SSSR count). The molecule has 0 aromatic rings. The first-order valence-corrected chi connectivity index (χ1v) is 4.59. The lowest BCUT2D eigenvalue weighted by atomic mass is 9.91. The molecule has 0 aliphatic heterocycles. The van der Waals surface area contributed by atoms with Gasteiger partial charge in [0.1, 0.15) is 6.04 Å². The molecular weight excluding hydrogens is 154 g/mol. The molecule has 0 radical (unpaired) electrons.